The average Bonchev–Trinajstić information content (AvgIpc) is 2.59. The molecule has 0 aliphatic carbocycles. The van der Waals surface area contributed by atoms with Crippen LogP contribution < -0.4 is 11.1 Å². The third kappa shape index (κ3) is 1.77. The highest BCUT2D eigenvalue weighted by atomic mass is 16.1. The standard InChI is InChI=1S/C10H19N3O/c1-7(10(11)14)13-5-8-3-2-4-12-9(8)6-13/h7-9,12H,2-6H2,1H3,(H2,11,14). The third-order valence-electron chi connectivity index (χ3n) is 3.59. The van der Waals surface area contributed by atoms with Crippen molar-refractivity contribution < 1.29 is 4.79 Å². The summed E-state index contributed by atoms with van der Waals surface area (Å²) in [5, 5.41) is 3.51. The predicted octanol–water partition coefficient (Wildman–Crippen LogP) is -0.456. The largest absolute Gasteiger partial charge is 0.368 e. The Bertz CT molecular complexity index is 217. The molecule has 0 saturated carbocycles. The van der Waals surface area contributed by atoms with Gasteiger partial charge in [-0.15, -0.1) is 0 Å². The summed E-state index contributed by atoms with van der Waals surface area (Å²) in [5.41, 5.74) is 5.30. The number of carbonyl (C=O) groups is 1. The number of nitrogens with two attached hydrogens (primary N) is 1. The molecule has 0 spiro atoms. The Morgan fingerprint density at radius 1 is 1.57 bits per heavy atom. The van der Waals surface area contributed by atoms with Crippen molar-refractivity contribution in [3.8, 4) is 0 Å². The lowest BCUT2D eigenvalue weighted by Crippen LogP contribution is -2.43. The van der Waals surface area contributed by atoms with Gasteiger partial charge in [0.05, 0.1) is 6.04 Å². The van der Waals surface area contributed by atoms with E-state index in [-0.39, 0.29) is 11.9 Å². The molecule has 0 bridgehead atoms. The molecule has 3 atom stereocenters. The van der Waals surface area contributed by atoms with E-state index in [0.717, 1.165) is 25.6 Å². The van der Waals surface area contributed by atoms with Gasteiger partial charge in [-0.2, -0.15) is 0 Å². The number of fused-ring (bicyclic) bond motifs is 1. The number of piperidine rings is 1. The number of amides is 1. The van der Waals surface area contributed by atoms with Gasteiger partial charge in [0, 0.05) is 19.1 Å². The lowest BCUT2D eigenvalue weighted by Gasteiger charge is -2.24. The molecule has 3 unspecified atom stereocenters. The van der Waals surface area contributed by atoms with Gasteiger partial charge in [0.15, 0.2) is 0 Å². The maximum atomic E-state index is 11.1. The molecule has 0 radical (unpaired) electrons. The maximum Gasteiger partial charge on any atom is 0.234 e. The lowest BCUT2D eigenvalue weighted by atomic mass is 9.94. The highest BCUT2D eigenvalue weighted by Gasteiger charge is 2.37. The number of nitrogens with zero attached hydrogens (tertiary/aromatic N) is 1. The summed E-state index contributed by atoms with van der Waals surface area (Å²) in [6.07, 6.45) is 2.56. The molecule has 0 aromatic heterocycles. The zero-order valence-corrected chi connectivity index (χ0v) is 8.70. The molecule has 2 rings (SSSR count). The molecule has 3 N–H and O–H groups in total. The Kier molecular flexibility index (Phi) is 2.74. The van der Waals surface area contributed by atoms with Crippen LogP contribution in [0.1, 0.15) is 19.8 Å². The van der Waals surface area contributed by atoms with Crippen LogP contribution in [0.5, 0.6) is 0 Å². The van der Waals surface area contributed by atoms with E-state index in [0.29, 0.717) is 6.04 Å². The van der Waals surface area contributed by atoms with Crippen molar-refractivity contribution in [2.75, 3.05) is 19.6 Å². The first kappa shape index (κ1) is 9.93. The van der Waals surface area contributed by atoms with E-state index in [1.165, 1.54) is 12.8 Å². The minimum atomic E-state index is -0.205. The molecule has 2 fully saturated rings. The number of carbonyl (C=O) groups excluding carboxylic acids is 1. The zero-order chi connectivity index (χ0) is 10.1. The summed E-state index contributed by atoms with van der Waals surface area (Å²) in [7, 11) is 0. The molecule has 2 saturated heterocycles. The first-order chi connectivity index (χ1) is 6.68. The number of hydrogen-bond acceptors (Lipinski definition) is 3. The second-order valence-corrected chi connectivity index (χ2v) is 4.50. The predicted molar refractivity (Wildman–Crippen MR) is 54.7 cm³/mol. The second kappa shape index (κ2) is 3.87. The van der Waals surface area contributed by atoms with Crippen LogP contribution in [0.4, 0.5) is 0 Å². The number of likely N-dealkylation sites (tertiary alicyclic amines) is 1. The number of nitrogens with one attached hydrogen (secondary N) is 1. The first-order valence-electron chi connectivity index (χ1n) is 5.45. The van der Waals surface area contributed by atoms with Crippen LogP contribution in [0.15, 0.2) is 0 Å². The van der Waals surface area contributed by atoms with Crippen LogP contribution in [-0.2, 0) is 4.79 Å². The van der Waals surface area contributed by atoms with Gasteiger partial charge in [-0.05, 0) is 32.2 Å². The molecule has 1 amide bonds. The van der Waals surface area contributed by atoms with E-state index in [1.807, 2.05) is 6.92 Å². The van der Waals surface area contributed by atoms with Gasteiger partial charge < -0.3 is 11.1 Å². The molecule has 2 aliphatic heterocycles. The molecule has 0 aromatic rings. The van der Waals surface area contributed by atoms with Crippen molar-refractivity contribution in [2.24, 2.45) is 11.7 Å². The van der Waals surface area contributed by atoms with E-state index in [4.69, 9.17) is 5.73 Å². The van der Waals surface area contributed by atoms with Gasteiger partial charge in [-0.3, -0.25) is 9.69 Å². The molecule has 4 heteroatoms. The summed E-state index contributed by atoms with van der Waals surface area (Å²) < 4.78 is 0. The van der Waals surface area contributed by atoms with Crippen molar-refractivity contribution >= 4 is 5.91 Å². The van der Waals surface area contributed by atoms with Crippen LogP contribution in [0.2, 0.25) is 0 Å². The maximum absolute atomic E-state index is 11.1. The van der Waals surface area contributed by atoms with Crippen LogP contribution >= 0.6 is 0 Å². The summed E-state index contributed by atoms with van der Waals surface area (Å²) in [6, 6.07) is 0.480. The smallest absolute Gasteiger partial charge is 0.234 e. The van der Waals surface area contributed by atoms with Gasteiger partial charge in [0.2, 0.25) is 5.91 Å². The molecular formula is C10H19N3O. The van der Waals surface area contributed by atoms with Gasteiger partial charge in [0.1, 0.15) is 0 Å². The Labute approximate surface area is 84.8 Å². The van der Waals surface area contributed by atoms with Crippen molar-refractivity contribution in [3.05, 3.63) is 0 Å². The van der Waals surface area contributed by atoms with Crippen LogP contribution in [0, 0.1) is 5.92 Å². The molecule has 4 nitrogen and oxygen atoms in total. The fourth-order valence-corrected chi connectivity index (χ4v) is 2.58. The fourth-order valence-electron chi connectivity index (χ4n) is 2.58. The minimum absolute atomic E-state index is 0.109. The average molecular weight is 197 g/mol. The van der Waals surface area contributed by atoms with Crippen LogP contribution in [0.3, 0.4) is 0 Å². The molecule has 80 valence electrons. The molecule has 2 aliphatic rings. The minimum Gasteiger partial charge on any atom is -0.368 e. The highest BCUT2D eigenvalue weighted by Crippen LogP contribution is 2.25. The van der Waals surface area contributed by atoms with Crippen molar-refractivity contribution in [1.82, 2.24) is 10.2 Å². The van der Waals surface area contributed by atoms with Crippen LogP contribution in [0.25, 0.3) is 0 Å². The Hall–Kier alpha value is -0.610. The van der Waals surface area contributed by atoms with E-state index in [2.05, 4.69) is 10.2 Å². The molecular weight excluding hydrogens is 178 g/mol. The monoisotopic (exact) mass is 197 g/mol. The summed E-state index contributed by atoms with van der Waals surface area (Å²) in [6.45, 7) is 5.04. The number of primary amides is 1. The summed E-state index contributed by atoms with van der Waals surface area (Å²) >= 11 is 0. The van der Waals surface area contributed by atoms with E-state index in [9.17, 15) is 4.79 Å². The summed E-state index contributed by atoms with van der Waals surface area (Å²) in [4.78, 5) is 13.3. The Morgan fingerprint density at radius 2 is 2.36 bits per heavy atom. The first-order valence-corrected chi connectivity index (χ1v) is 5.45. The zero-order valence-electron chi connectivity index (χ0n) is 8.70. The number of rotatable bonds is 2. The topological polar surface area (TPSA) is 58.4 Å². The number of hydrogen-bond donors (Lipinski definition) is 2. The normalized spacial score (nSPS) is 35.2. The van der Waals surface area contributed by atoms with Crippen molar-refractivity contribution in [1.29, 1.82) is 0 Å². The molecule has 2 heterocycles. The van der Waals surface area contributed by atoms with Gasteiger partial charge >= 0.3 is 0 Å². The Balaban J connectivity index is 1.95. The van der Waals surface area contributed by atoms with E-state index < -0.39 is 0 Å². The summed E-state index contributed by atoms with van der Waals surface area (Å²) in [5.74, 6) is 0.522. The van der Waals surface area contributed by atoms with Crippen molar-refractivity contribution in [3.63, 3.8) is 0 Å². The van der Waals surface area contributed by atoms with Gasteiger partial charge in [-0.1, -0.05) is 0 Å². The SMILES string of the molecule is CC(C(N)=O)N1CC2CCCNC2C1. The third-order valence-corrected chi connectivity index (χ3v) is 3.59. The van der Waals surface area contributed by atoms with Crippen molar-refractivity contribution in [2.45, 2.75) is 31.8 Å². The molecule has 14 heavy (non-hydrogen) atoms. The lowest BCUT2D eigenvalue weighted by molar-refractivity contribution is -0.122. The van der Waals surface area contributed by atoms with E-state index >= 15 is 0 Å². The van der Waals surface area contributed by atoms with E-state index in [1.54, 1.807) is 0 Å². The van der Waals surface area contributed by atoms with Gasteiger partial charge in [-0.25, -0.2) is 0 Å². The quantitative estimate of drug-likeness (QED) is 0.630. The van der Waals surface area contributed by atoms with Crippen LogP contribution in [-0.4, -0.2) is 42.5 Å². The Morgan fingerprint density at radius 3 is 3.00 bits per heavy atom. The fraction of sp³-hybridized carbons (Fsp3) is 0.900. The van der Waals surface area contributed by atoms with Gasteiger partial charge in [0.25, 0.3) is 0 Å². The second-order valence-electron chi connectivity index (χ2n) is 4.50. The highest BCUT2D eigenvalue weighted by molar-refractivity contribution is 5.79. The molecule has 0 aromatic carbocycles.